The van der Waals surface area contributed by atoms with Crippen LogP contribution in [0, 0.1) is 6.92 Å². The third-order valence-corrected chi connectivity index (χ3v) is 4.31. The van der Waals surface area contributed by atoms with Crippen molar-refractivity contribution in [3.05, 3.63) is 65.9 Å². The van der Waals surface area contributed by atoms with Gasteiger partial charge < -0.3 is 9.64 Å². The molecule has 0 N–H and O–H groups in total. The Labute approximate surface area is 145 Å². The van der Waals surface area contributed by atoms with Crippen molar-refractivity contribution >= 4 is 16.8 Å². The van der Waals surface area contributed by atoms with Gasteiger partial charge in [0.2, 0.25) is 0 Å². The number of morpholine rings is 1. The van der Waals surface area contributed by atoms with Crippen LogP contribution < -0.4 is 0 Å². The molecule has 25 heavy (non-hydrogen) atoms. The number of hydrogen-bond acceptors (Lipinski definition) is 5. The maximum atomic E-state index is 12.9. The van der Waals surface area contributed by atoms with Crippen LogP contribution >= 0.6 is 0 Å². The van der Waals surface area contributed by atoms with E-state index in [9.17, 15) is 4.79 Å². The summed E-state index contributed by atoms with van der Waals surface area (Å²) in [6.45, 7) is 3.41. The molecule has 0 radical (unpaired) electrons. The molecule has 6 heteroatoms. The van der Waals surface area contributed by atoms with Crippen LogP contribution in [0.3, 0.4) is 0 Å². The third-order valence-electron chi connectivity index (χ3n) is 4.31. The Morgan fingerprint density at radius 1 is 1.20 bits per heavy atom. The summed E-state index contributed by atoms with van der Waals surface area (Å²) in [5, 5.41) is 0.958. The number of hydrogen-bond donors (Lipinski definition) is 0. The molecule has 0 bridgehead atoms. The number of benzene rings is 1. The molecule has 1 unspecified atom stereocenters. The minimum Gasteiger partial charge on any atom is -0.367 e. The van der Waals surface area contributed by atoms with Gasteiger partial charge in [0.05, 0.1) is 18.7 Å². The van der Waals surface area contributed by atoms with Crippen molar-refractivity contribution in [3.8, 4) is 0 Å². The molecule has 6 nitrogen and oxygen atoms in total. The van der Waals surface area contributed by atoms with Crippen LogP contribution in [0.5, 0.6) is 0 Å². The Balaban J connectivity index is 1.56. The average molecular weight is 334 g/mol. The van der Waals surface area contributed by atoms with E-state index < -0.39 is 0 Å². The van der Waals surface area contributed by atoms with E-state index >= 15 is 0 Å². The second kappa shape index (κ2) is 6.57. The number of amides is 1. The van der Waals surface area contributed by atoms with Crippen LogP contribution in [0.4, 0.5) is 0 Å². The highest BCUT2D eigenvalue weighted by Gasteiger charge is 2.28. The maximum Gasteiger partial charge on any atom is 0.254 e. The van der Waals surface area contributed by atoms with Crippen LogP contribution in [-0.4, -0.2) is 45.5 Å². The van der Waals surface area contributed by atoms with Crippen LogP contribution in [0.2, 0.25) is 0 Å². The van der Waals surface area contributed by atoms with Gasteiger partial charge in [-0.3, -0.25) is 9.78 Å². The lowest BCUT2D eigenvalue weighted by Gasteiger charge is -2.32. The second-order valence-corrected chi connectivity index (χ2v) is 6.08. The lowest BCUT2D eigenvalue weighted by Crippen LogP contribution is -2.42. The topological polar surface area (TPSA) is 68.2 Å². The molecule has 0 aliphatic carbocycles. The van der Waals surface area contributed by atoms with Crippen molar-refractivity contribution in [3.63, 3.8) is 0 Å². The standard InChI is InChI=1S/C19H18N4O2/c1-13-6-8-21-18(22-13)17-12-23(9-10-25-17)19(24)15-4-5-16-14(11-15)3-2-7-20-16/h2-8,11,17H,9-10,12H2,1H3. The molecule has 126 valence electrons. The molecule has 1 aromatic carbocycles. The smallest absolute Gasteiger partial charge is 0.254 e. The molecule has 1 aliphatic rings. The van der Waals surface area contributed by atoms with E-state index in [2.05, 4.69) is 15.0 Å². The van der Waals surface area contributed by atoms with Crippen molar-refractivity contribution in [2.75, 3.05) is 19.7 Å². The molecule has 1 aliphatic heterocycles. The van der Waals surface area contributed by atoms with Gasteiger partial charge >= 0.3 is 0 Å². The molecule has 3 heterocycles. The van der Waals surface area contributed by atoms with Gasteiger partial charge in [-0.15, -0.1) is 0 Å². The Kier molecular flexibility index (Phi) is 4.11. The largest absolute Gasteiger partial charge is 0.367 e. The monoisotopic (exact) mass is 334 g/mol. The Hall–Kier alpha value is -2.86. The van der Waals surface area contributed by atoms with Crippen molar-refractivity contribution < 1.29 is 9.53 Å². The molecule has 1 amide bonds. The fraction of sp³-hybridized carbons (Fsp3) is 0.263. The zero-order valence-electron chi connectivity index (χ0n) is 13.9. The Morgan fingerprint density at radius 2 is 2.12 bits per heavy atom. The zero-order chi connectivity index (χ0) is 17.2. The Bertz CT molecular complexity index is 928. The number of fused-ring (bicyclic) bond motifs is 1. The van der Waals surface area contributed by atoms with Crippen LogP contribution in [0.25, 0.3) is 10.9 Å². The molecule has 0 spiro atoms. The first-order valence-corrected chi connectivity index (χ1v) is 8.26. The van der Waals surface area contributed by atoms with Crippen molar-refractivity contribution in [2.45, 2.75) is 13.0 Å². The van der Waals surface area contributed by atoms with Gasteiger partial charge in [0, 0.05) is 35.6 Å². The van der Waals surface area contributed by atoms with Crippen molar-refractivity contribution in [1.29, 1.82) is 0 Å². The molecule has 2 aromatic heterocycles. The number of carbonyl (C=O) groups excluding carboxylic acids is 1. The van der Waals surface area contributed by atoms with E-state index in [1.807, 2.05) is 43.3 Å². The Morgan fingerprint density at radius 3 is 3.00 bits per heavy atom. The molecular formula is C19H18N4O2. The van der Waals surface area contributed by atoms with Gasteiger partial charge in [0.25, 0.3) is 5.91 Å². The van der Waals surface area contributed by atoms with Gasteiger partial charge in [-0.05, 0) is 37.3 Å². The highest BCUT2D eigenvalue weighted by molar-refractivity contribution is 5.98. The summed E-state index contributed by atoms with van der Waals surface area (Å²) in [5.41, 5.74) is 2.43. The van der Waals surface area contributed by atoms with Crippen LogP contribution in [0.15, 0.2) is 48.8 Å². The third kappa shape index (κ3) is 3.21. The fourth-order valence-corrected chi connectivity index (χ4v) is 3.00. The average Bonchev–Trinajstić information content (AvgIpc) is 2.67. The lowest BCUT2D eigenvalue weighted by atomic mass is 10.1. The number of aryl methyl sites for hydroxylation is 1. The van der Waals surface area contributed by atoms with E-state index in [-0.39, 0.29) is 12.0 Å². The second-order valence-electron chi connectivity index (χ2n) is 6.08. The first kappa shape index (κ1) is 15.7. The molecule has 0 saturated carbocycles. The minimum absolute atomic E-state index is 0.00768. The molecule has 1 saturated heterocycles. The minimum atomic E-state index is -0.292. The summed E-state index contributed by atoms with van der Waals surface area (Å²) < 4.78 is 5.78. The molecule has 4 rings (SSSR count). The van der Waals surface area contributed by atoms with Crippen molar-refractivity contribution in [1.82, 2.24) is 19.9 Å². The van der Waals surface area contributed by atoms with Crippen molar-refractivity contribution in [2.24, 2.45) is 0 Å². The van der Waals surface area contributed by atoms with Gasteiger partial charge in [0.15, 0.2) is 5.82 Å². The predicted molar refractivity (Wildman–Crippen MR) is 93.1 cm³/mol. The molecule has 1 atom stereocenters. The highest BCUT2D eigenvalue weighted by Crippen LogP contribution is 2.22. The van der Waals surface area contributed by atoms with Gasteiger partial charge in [0.1, 0.15) is 6.10 Å². The van der Waals surface area contributed by atoms with E-state index in [1.54, 1.807) is 17.3 Å². The summed E-state index contributed by atoms with van der Waals surface area (Å²) in [7, 11) is 0. The molecular weight excluding hydrogens is 316 g/mol. The maximum absolute atomic E-state index is 12.9. The number of aromatic nitrogens is 3. The first-order valence-electron chi connectivity index (χ1n) is 8.26. The van der Waals surface area contributed by atoms with E-state index in [0.717, 1.165) is 16.6 Å². The summed E-state index contributed by atoms with van der Waals surface area (Å²) in [5.74, 6) is 0.618. The van der Waals surface area contributed by atoms with Crippen LogP contribution in [0.1, 0.15) is 28.0 Å². The molecule has 1 fully saturated rings. The molecule has 3 aromatic rings. The number of carbonyl (C=O) groups is 1. The van der Waals surface area contributed by atoms with E-state index in [0.29, 0.717) is 31.1 Å². The zero-order valence-corrected chi connectivity index (χ0v) is 13.9. The van der Waals surface area contributed by atoms with E-state index in [4.69, 9.17) is 4.74 Å². The number of nitrogens with zero attached hydrogens (tertiary/aromatic N) is 4. The number of rotatable bonds is 2. The SMILES string of the molecule is Cc1ccnc(C2CN(C(=O)c3ccc4ncccc4c3)CCO2)n1. The summed E-state index contributed by atoms with van der Waals surface area (Å²) in [6.07, 6.45) is 3.18. The summed E-state index contributed by atoms with van der Waals surface area (Å²) in [6, 6.07) is 11.3. The summed E-state index contributed by atoms with van der Waals surface area (Å²) in [4.78, 5) is 27.7. The normalized spacial score (nSPS) is 17.6. The highest BCUT2D eigenvalue weighted by atomic mass is 16.5. The number of ether oxygens (including phenoxy) is 1. The lowest BCUT2D eigenvalue weighted by molar-refractivity contribution is -0.0268. The predicted octanol–water partition coefficient (Wildman–Crippen LogP) is 2.55. The van der Waals surface area contributed by atoms with Gasteiger partial charge in [-0.1, -0.05) is 6.07 Å². The van der Waals surface area contributed by atoms with Crippen LogP contribution in [-0.2, 0) is 4.74 Å². The summed E-state index contributed by atoms with van der Waals surface area (Å²) >= 11 is 0. The quantitative estimate of drug-likeness (QED) is 0.720. The van der Waals surface area contributed by atoms with Gasteiger partial charge in [-0.25, -0.2) is 9.97 Å². The fourth-order valence-electron chi connectivity index (χ4n) is 3.00. The van der Waals surface area contributed by atoms with E-state index in [1.165, 1.54) is 0 Å². The van der Waals surface area contributed by atoms with Gasteiger partial charge in [-0.2, -0.15) is 0 Å². The first-order chi connectivity index (χ1) is 12.2. The number of pyridine rings is 1.